The van der Waals surface area contributed by atoms with E-state index in [2.05, 4.69) is 25.5 Å². The van der Waals surface area contributed by atoms with Crippen LogP contribution in [0, 0.1) is 5.82 Å². The van der Waals surface area contributed by atoms with Gasteiger partial charge in [0.15, 0.2) is 11.5 Å². The van der Waals surface area contributed by atoms with E-state index in [1.807, 2.05) is 24.3 Å². The van der Waals surface area contributed by atoms with Gasteiger partial charge in [-0.1, -0.05) is 12.1 Å². The monoisotopic (exact) mass is 473 g/mol. The molecule has 0 aliphatic rings. The van der Waals surface area contributed by atoms with E-state index in [-0.39, 0.29) is 23.4 Å². The normalized spacial score (nSPS) is 10.9. The van der Waals surface area contributed by atoms with E-state index in [0.717, 1.165) is 5.39 Å². The number of hydrogen-bond acceptors (Lipinski definition) is 9. The van der Waals surface area contributed by atoms with Crippen molar-refractivity contribution < 1.29 is 23.0 Å². The number of methoxy groups -OCH3 is 3. The summed E-state index contributed by atoms with van der Waals surface area (Å²) in [4.78, 5) is 9.24. The van der Waals surface area contributed by atoms with Crippen LogP contribution in [-0.4, -0.2) is 41.5 Å². The van der Waals surface area contributed by atoms with Crippen LogP contribution in [0.4, 0.5) is 15.9 Å². The molecule has 5 rings (SSSR count). The summed E-state index contributed by atoms with van der Waals surface area (Å²) in [6.45, 7) is 0. The fraction of sp³-hybridized carbons (Fsp3) is 0.120. The molecule has 0 fully saturated rings. The molecule has 2 aromatic heterocycles. The van der Waals surface area contributed by atoms with Crippen LogP contribution in [0.3, 0.4) is 0 Å². The van der Waals surface area contributed by atoms with E-state index in [4.69, 9.17) is 18.6 Å². The Balaban J connectivity index is 1.57. The van der Waals surface area contributed by atoms with Gasteiger partial charge in [0.05, 0.1) is 26.8 Å². The van der Waals surface area contributed by atoms with Gasteiger partial charge < -0.3 is 23.9 Å². The van der Waals surface area contributed by atoms with Crippen LogP contribution in [0.2, 0.25) is 0 Å². The molecule has 9 nitrogen and oxygen atoms in total. The van der Waals surface area contributed by atoms with Crippen LogP contribution in [-0.2, 0) is 0 Å². The predicted molar refractivity (Wildman–Crippen MR) is 128 cm³/mol. The van der Waals surface area contributed by atoms with Crippen LogP contribution >= 0.6 is 0 Å². The summed E-state index contributed by atoms with van der Waals surface area (Å²) in [6, 6.07) is 16.8. The number of nitrogens with zero attached hydrogens (tertiary/aromatic N) is 4. The average molecular weight is 473 g/mol. The minimum absolute atomic E-state index is 0.128. The zero-order valence-corrected chi connectivity index (χ0v) is 19.1. The Morgan fingerprint density at radius 3 is 2.17 bits per heavy atom. The summed E-state index contributed by atoms with van der Waals surface area (Å²) in [7, 11) is 4.64. The molecular formula is C25H20FN5O4. The molecule has 10 heteroatoms. The molecule has 0 spiro atoms. The van der Waals surface area contributed by atoms with Gasteiger partial charge in [-0.2, -0.15) is 0 Å². The van der Waals surface area contributed by atoms with Crippen molar-refractivity contribution >= 4 is 22.4 Å². The lowest BCUT2D eigenvalue weighted by Crippen LogP contribution is -2.01. The lowest BCUT2D eigenvalue weighted by Gasteiger charge is -2.15. The fourth-order valence-electron chi connectivity index (χ4n) is 3.58. The summed E-state index contributed by atoms with van der Waals surface area (Å²) in [5.41, 5.74) is 1.92. The Labute approximate surface area is 199 Å². The summed E-state index contributed by atoms with van der Waals surface area (Å²) < 4.78 is 35.4. The number of ether oxygens (including phenoxy) is 3. The number of para-hydroxylation sites is 1. The van der Waals surface area contributed by atoms with E-state index in [0.29, 0.717) is 39.8 Å². The van der Waals surface area contributed by atoms with Crippen LogP contribution < -0.4 is 19.5 Å². The molecule has 0 bridgehead atoms. The first-order chi connectivity index (χ1) is 17.1. The number of halogens is 1. The van der Waals surface area contributed by atoms with Gasteiger partial charge >= 0.3 is 0 Å². The molecule has 35 heavy (non-hydrogen) atoms. The first-order valence-electron chi connectivity index (χ1n) is 10.5. The minimum Gasteiger partial charge on any atom is -0.493 e. The van der Waals surface area contributed by atoms with Crippen LogP contribution in [0.25, 0.3) is 34.1 Å². The molecule has 2 heterocycles. The van der Waals surface area contributed by atoms with Crippen molar-refractivity contribution in [3.63, 3.8) is 0 Å². The molecular weight excluding hydrogens is 453 g/mol. The topological polar surface area (TPSA) is 104 Å². The molecule has 0 saturated carbocycles. The second kappa shape index (κ2) is 9.26. The summed E-state index contributed by atoms with van der Waals surface area (Å²) in [5.74, 6) is 2.23. The number of fused-ring (bicyclic) bond motifs is 1. The molecule has 0 unspecified atom stereocenters. The molecule has 3 aromatic carbocycles. The number of benzene rings is 3. The van der Waals surface area contributed by atoms with Crippen molar-refractivity contribution in [2.24, 2.45) is 0 Å². The molecule has 176 valence electrons. The third-order valence-corrected chi connectivity index (χ3v) is 5.24. The highest BCUT2D eigenvalue weighted by atomic mass is 19.1. The quantitative estimate of drug-likeness (QED) is 0.339. The van der Waals surface area contributed by atoms with Crippen molar-refractivity contribution in [3.8, 4) is 40.4 Å². The Morgan fingerprint density at radius 2 is 1.49 bits per heavy atom. The lowest BCUT2D eigenvalue weighted by atomic mass is 10.2. The molecule has 1 N–H and O–H groups in total. The maximum atomic E-state index is 13.3. The third-order valence-electron chi connectivity index (χ3n) is 5.24. The number of rotatable bonds is 7. The number of nitrogens with one attached hydrogen (secondary N) is 1. The van der Waals surface area contributed by atoms with Crippen LogP contribution in [0.15, 0.2) is 65.1 Å². The Hall–Kier alpha value is -4.73. The number of aromatic nitrogens is 4. The highest BCUT2D eigenvalue weighted by Crippen LogP contribution is 2.41. The van der Waals surface area contributed by atoms with E-state index in [9.17, 15) is 4.39 Å². The average Bonchev–Trinajstić information content (AvgIpc) is 3.39. The summed E-state index contributed by atoms with van der Waals surface area (Å²) >= 11 is 0. The smallest absolute Gasteiger partial charge is 0.286 e. The maximum absolute atomic E-state index is 13.3. The van der Waals surface area contributed by atoms with Gasteiger partial charge in [-0.15, -0.1) is 10.2 Å². The summed E-state index contributed by atoms with van der Waals surface area (Å²) in [5, 5.41) is 12.2. The Kier molecular flexibility index (Phi) is 5.84. The minimum atomic E-state index is -0.353. The van der Waals surface area contributed by atoms with Gasteiger partial charge in [0, 0.05) is 28.8 Å². The second-order valence-corrected chi connectivity index (χ2v) is 7.37. The zero-order chi connectivity index (χ0) is 24.4. The molecule has 0 aliphatic carbocycles. The van der Waals surface area contributed by atoms with E-state index in [1.165, 1.54) is 12.1 Å². The van der Waals surface area contributed by atoms with E-state index < -0.39 is 0 Å². The molecule has 0 radical (unpaired) electrons. The van der Waals surface area contributed by atoms with Crippen molar-refractivity contribution in [3.05, 3.63) is 66.5 Å². The molecule has 5 aromatic rings. The molecule has 0 amide bonds. The van der Waals surface area contributed by atoms with Crippen molar-refractivity contribution in [2.75, 3.05) is 26.6 Å². The maximum Gasteiger partial charge on any atom is 0.286 e. The van der Waals surface area contributed by atoms with E-state index >= 15 is 0 Å². The van der Waals surface area contributed by atoms with Gasteiger partial charge in [0.25, 0.3) is 5.89 Å². The first kappa shape index (κ1) is 22.1. The van der Waals surface area contributed by atoms with E-state index in [1.54, 1.807) is 45.6 Å². The molecule has 0 saturated heterocycles. The standard InChI is InChI=1S/C25H20FN5O4/c1-32-19-12-16(13-20(33-2)21(19)34-3)27-22-17-6-4-5-7-18(17)28-23(29-22)25-31-30-24(35-25)14-8-10-15(26)11-9-14/h4-13H,1-3H3,(H,27,28,29). The highest BCUT2D eigenvalue weighted by molar-refractivity contribution is 5.92. The Morgan fingerprint density at radius 1 is 0.800 bits per heavy atom. The predicted octanol–water partition coefficient (Wildman–Crippen LogP) is 5.26. The first-order valence-corrected chi connectivity index (χ1v) is 10.5. The largest absolute Gasteiger partial charge is 0.493 e. The zero-order valence-electron chi connectivity index (χ0n) is 19.1. The van der Waals surface area contributed by atoms with Gasteiger partial charge in [-0.25, -0.2) is 14.4 Å². The highest BCUT2D eigenvalue weighted by Gasteiger charge is 2.18. The fourth-order valence-corrected chi connectivity index (χ4v) is 3.58. The van der Waals surface area contributed by atoms with Crippen molar-refractivity contribution in [1.82, 2.24) is 20.2 Å². The third kappa shape index (κ3) is 4.29. The van der Waals surface area contributed by atoms with Gasteiger partial charge in [-0.3, -0.25) is 0 Å². The van der Waals surface area contributed by atoms with Crippen molar-refractivity contribution in [1.29, 1.82) is 0 Å². The summed E-state index contributed by atoms with van der Waals surface area (Å²) in [6.07, 6.45) is 0. The van der Waals surface area contributed by atoms with Gasteiger partial charge in [0.2, 0.25) is 17.5 Å². The van der Waals surface area contributed by atoms with Gasteiger partial charge in [-0.05, 0) is 36.4 Å². The van der Waals surface area contributed by atoms with Crippen LogP contribution in [0.5, 0.6) is 17.2 Å². The molecule has 0 aliphatic heterocycles. The van der Waals surface area contributed by atoms with Crippen molar-refractivity contribution in [2.45, 2.75) is 0 Å². The van der Waals surface area contributed by atoms with Crippen LogP contribution in [0.1, 0.15) is 0 Å². The SMILES string of the molecule is COc1cc(Nc2nc(-c3nnc(-c4ccc(F)cc4)o3)nc3ccccc23)cc(OC)c1OC. The second-order valence-electron chi connectivity index (χ2n) is 7.37. The lowest BCUT2D eigenvalue weighted by molar-refractivity contribution is 0.324. The Bertz CT molecular complexity index is 1480. The molecule has 0 atom stereocenters. The number of anilines is 2. The number of hydrogen-bond donors (Lipinski definition) is 1. The van der Waals surface area contributed by atoms with Gasteiger partial charge in [0.1, 0.15) is 11.6 Å².